The first-order chi connectivity index (χ1) is 13.2. The predicted octanol–water partition coefficient (Wildman–Crippen LogP) is 7.83. The van der Waals surface area contributed by atoms with E-state index in [4.69, 9.17) is 28.3 Å². The Labute approximate surface area is 178 Å². The average molecular weight is 522 g/mol. The van der Waals surface area contributed by atoms with Crippen molar-refractivity contribution in [2.75, 3.05) is 0 Å². The molecule has 0 amide bonds. The van der Waals surface area contributed by atoms with Crippen LogP contribution < -0.4 is 0 Å². The molecule has 0 fully saturated rings. The van der Waals surface area contributed by atoms with E-state index in [1.54, 1.807) is 0 Å². The van der Waals surface area contributed by atoms with Crippen LogP contribution in [-0.2, 0) is 6.18 Å². The summed E-state index contributed by atoms with van der Waals surface area (Å²) in [5.41, 5.74) is -3.05. The zero-order valence-corrected chi connectivity index (χ0v) is 17.0. The standard InChI is InChI=1S/C18H9BrCl2F6O2/c19-15-13(20)6-9(7-14(15)21)11(17(22,23)24)4-2-8-1-3-10(16(28)29)12(5-8)18(25,26)27/h1-7,11H,(H,28,29)/b4-2+. The average Bonchev–Trinajstić information content (AvgIpc) is 2.57. The molecule has 0 aromatic heterocycles. The molecule has 1 unspecified atom stereocenters. The minimum atomic E-state index is -4.99. The fourth-order valence-electron chi connectivity index (χ4n) is 2.46. The van der Waals surface area contributed by atoms with E-state index in [9.17, 15) is 31.1 Å². The molecular weight excluding hydrogens is 513 g/mol. The van der Waals surface area contributed by atoms with E-state index in [1.165, 1.54) is 0 Å². The fraction of sp³-hybridized carbons (Fsp3) is 0.167. The smallest absolute Gasteiger partial charge is 0.417 e. The first-order valence-electron chi connectivity index (χ1n) is 7.55. The Bertz CT molecular complexity index is 947. The van der Waals surface area contributed by atoms with Crippen LogP contribution in [0.5, 0.6) is 0 Å². The number of carboxylic acids is 1. The van der Waals surface area contributed by atoms with Crippen molar-refractivity contribution in [3.8, 4) is 0 Å². The van der Waals surface area contributed by atoms with E-state index >= 15 is 0 Å². The van der Waals surface area contributed by atoms with Gasteiger partial charge in [0.25, 0.3) is 0 Å². The number of aromatic carboxylic acids is 1. The van der Waals surface area contributed by atoms with Crippen molar-refractivity contribution in [2.45, 2.75) is 18.3 Å². The lowest BCUT2D eigenvalue weighted by Gasteiger charge is -2.18. The van der Waals surface area contributed by atoms with Crippen molar-refractivity contribution in [1.82, 2.24) is 0 Å². The number of hydrogen-bond acceptors (Lipinski definition) is 1. The number of benzene rings is 2. The van der Waals surface area contributed by atoms with Gasteiger partial charge in [0.05, 0.1) is 31.6 Å². The SMILES string of the molecule is O=C(O)c1ccc(/C=C/C(c2cc(Cl)c(Br)c(Cl)c2)C(F)(F)F)cc1C(F)(F)F. The van der Waals surface area contributed by atoms with E-state index in [2.05, 4.69) is 15.9 Å². The molecule has 2 aromatic carbocycles. The number of carboxylic acid groups (broad SMARTS) is 1. The van der Waals surface area contributed by atoms with Gasteiger partial charge in [-0.25, -0.2) is 4.79 Å². The molecule has 0 aliphatic carbocycles. The van der Waals surface area contributed by atoms with Gasteiger partial charge in [0.2, 0.25) is 0 Å². The van der Waals surface area contributed by atoms with Crippen molar-refractivity contribution in [1.29, 1.82) is 0 Å². The normalized spacial score (nSPS) is 13.7. The topological polar surface area (TPSA) is 37.3 Å². The van der Waals surface area contributed by atoms with Crippen molar-refractivity contribution in [3.63, 3.8) is 0 Å². The highest BCUT2D eigenvalue weighted by molar-refractivity contribution is 9.10. The Morgan fingerprint density at radius 1 is 1.03 bits per heavy atom. The molecule has 29 heavy (non-hydrogen) atoms. The third-order valence-corrected chi connectivity index (χ3v) is 5.69. The molecule has 0 saturated carbocycles. The molecule has 156 valence electrons. The quantitative estimate of drug-likeness (QED) is 0.329. The fourth-order valence-corrected chi connectivity index (χ4v) is 3.19. The molecular formula is C18H9BrCl2F6O2. The lowest BCUT2D eigenvalue weighted by atomic mass is 9.96. The van der Waals surface area contributed by atoms with Crippen molar-refractivity contribution >= 4 is 51.2 Å². The highest BCUT2D eigenvalue weighted by Gasteiger charge is 2.39. The van der Waals surface area contributed by atoms with Gasteiger partial charge in [-0.15, -0.1) is 0 Å². The van der Waals surface area contributed by atoms with Crippen LogP contribution in [0.3, 0.4) is 0 Å². The van der Waals surface area contributed by atoms with Crippen molar-refractivity contribution in [2.24, 2.45) is 0 Å². The Hall–Kier alpha value is -1.71. The van der Waals surface area contributed by atoms with E-state index in [0.717, 1.165) is 24.3 Å². The lowest BCUT2D eigenvalue weighted by molar-refractivity contribution is -0.139. The number of rotatable bonds is 4. The zero-order valence-electron chi connectivity index (χ0n) is 13.9. The molecule has 0 heterocycles. The van der Waals surface area contributed by atoms with Gasteiger partial charge < -0.3 is 5.11 Å². The first-order valence-corrected chi connectivity index (χ1v) is 9.10. The van der Waals surface area contributed by atoms with Crippen LogP contribution >= 0.6 is 39.1 Å². The minimum Gasteiger partial charge on any atom is -0.478 e. The number of alkyl halides is 6. The summed E-state index contributed by atoms with van der Waals surface area (Å²) in [6.07, 6.45) is -8.31. The molecule has 0 bridgehead atoms. The number of hydrogen-bond donors (Lipinski definition) is 1. The predicted molar refractivity (Wildman–Crippen MR) is 100 cm³/mol. The largest absolute Gasteiger partial charge is 0.478 e. The Kier molecular flexibility index (Phi) is 6.97. The maximum atomic E-state index is 13.5. The summed E-state index contributed by atoms with van der Waals surface area (Å²) in [4.78, 5) is 11.0. The Morgan fingerprint density at radius 2 is 1.59 bits per heavy atom. The third kappa shape index (κ3) is 5.67. The molecule has 2 nitrogen and oxygen atoms in total. The lowest BCUT2D eigenvalue weighted by Crippen LogP contribution is -2.19. The van der Waals surface area contributed by atoms with Gasteiger partial charge in [-0.2, -0.15) is 26.3 Å². The van der Waals surface area contributed by atoms with Crippen LogP contribution in [0, 0.1) is 0 Å². The molecule has 0 saturated heterocycles. The second-order valence-corrected chi connectivity index (χ2v) is 7.39. The molecule has 1 atom stereocenters. The van der Waals surface area contributed by atoms with Gasteiger partial charge in [-0.1, -0.05) is 41.4 Å². The molecule has 0 radical (unpaired) electrons. The van der Waals surface area contributed by atoms with E-state index in [0.29, 0.717) is 18.2 Å². The molecule has 0 aliphatic rings. The summed E-state index contributed by atoms with van der Waals surface area (Å²) < 4.78 is 79.9. The summed E-state index contributed by atoms with van der Waals surface area (Å²) in [7, 11) is 0. The summed E-state index contributed by atoms with van der Waals surface area (Å²) in [5, 5.41) is 8.73. The Morgan fingerprint density at radius 3 is 2.03 bits per heavy atom. The second-order valence-electron chi connectivity index (χ2n) is 5.78. The highest BCUT2D eigenvalue weighted by Crippen LogP contribution is 2.41. The van der Waals surface area contributed by atoms with Crippen molar-refractivity contribution < 1.29 is 36.2 Å². The summed E-state index contributed by atoms with van der Waals surface area (Å²) in [6, 6.07) is 4.20. The number of halogens is 9. The molecule has 0 spiro atoms. The van der Waals surface area contributed by atoms with Gasteiger partial charge in [-0.05, 0) is 51.3 Å². The van der Waals surface area contributed by atoms with Gasteiger partial charge in [0.1, 0.15) is 0 Å². The number of allylic oxidation sites excluding steroid dienone is 1. The van der Waals surface area contributed by atoms with E-state index in [1.807, 2.05) is 0 Å². The molecule has 2 rings (SSSR count). The summed E-state index contributed by atoms with van der Waals surface area (Å²) >= 11 is 14.7. The maximum Gasteiger partial charge on any atom is 0.417 e. The van der Waals surface area contributed by atoms with Gasteiger partial charge in [0.15, 0.2) is 0 Å². The van der Waals surface area contributed by atoms with Crippen LogP contribution in [0.4, 0.5) is 26.3 Å². The monoisotopic (exact) mass is 520 g/mol. The molecule has 2 aromatic rings. The van der Waals surface area contributed by atoms with Crippen LogP contribution in [0.25, 0.3) is 6.08 Å². The van der Waals surface area contributed by atoms with Gasteiger partial charge in [-0.3, -0.25) is 0 Å². The number of carbonyl (C=O) groups is 1. The van der Waals surface area contributed by atoms with Crippen LogP contribution in [-0.4, -0.2) is 17.3 Å². The zero-order chi connectivity index (χ0) is 22.1. The summed E-state index contributed by atoms with van der Waals surface area (Å²) in [6.45, 7) is 0. The van der Waals surface area contributed by atoms with Crippen LogP contribution in [0.2, 0.25) is 10.0 Å². The second kappa shape index (κ2) is 8.57. The molecule has 0 aliphatic heterocycles. The van der Waals surface area contributed by atoms with Crippen LogP contribution in [0.15, 0.2) is 40.9 Å². The summed E-state index contributed by atoms with van der Waals surface area (Å²) in [5.74, 6) is -4.01. The third-order valence-electron chi connectivity index (χ3n) is 3.78. The van der Waals surface area contributed by atoms with Crippen molar-refractivity contribution in [3.05, 3.63) is 73.2 Å². The van der Waals surface area contributed by atoms with Crippen LogP contribution in [0.1, 0.15) is 33.0 Å². The first kappa shape index (κ1) is 23.6. The minimum absolute atomic E-state index is 0.0691. The van der Waals surface area contributed by atoms with Gasteiger partial charge >= 0.3 is 18.3 Å². The molecule has 11 heteroatoms. The van der Waals surface area contributed by atoms with E-state index in [-0.39, 0.29) is 25.6 Å². The molecule has 1 N–H and O–H groups in total. The maximum absolute atomic E-state index is 13.5. The van der Waals surface area contributed by atoms with E-state index < -0.39 is 35.4 Å². The Balaban J connectivity index is 2.52. The highest BCUT2D eigenvalue weighted by atomic mass is 79.9. The van der Waals surface area contributed by atoms with Gasteiger partial charge in [0, 0.05) is 0 Å².